The summed E-state index contributed by atoms with van der Waals surface area (Å²) in [6.07, 6.45) is 3.00. The van der Waals surface area contributed by atoms with Crippen molar-refractivity contribution in [3.63, 3.8) is 0 Å². The monoisotopic (exact) mass is 300 g/mol. The standard InChI is InChI=1S/C13H14Cl2N2O2/c14-9-4-5-11(10(15)8-9)16-12(18)13(19)17-6-2-1-3-7-17/h4-5,8H,1-3,6-7H2,(H,16,18). The number of amides is 2. The molecule has 1 saturated heterocycles. The van der Waals surface area contributed by atoms with Crippen LogP contribution >= 0.6 is 23.2 Å². The van der Waals surface area contributed by atoms with Crippen LogP contribution in [0.15, 0.2) is 18.2 Å². The predicted molar refractivity (Wildman–Crippen MR) is 75.5 cm³/mol. The number of hydrogen-bond acceptors (Lipinski definition) is 2. The Morgan fingerprint density at radius 2 is 1.79 bits per heavy atom. The van der Waals surface area contributed by atoms with Crippen molar-refractivity contribution in [2.24, 2.45) is 0 Å². The van der Waals surface area contributed by atoms with Crippen LogP contribution in [0, 0.1) is 0 Å². The van der Waals surface area contributed by atoms with Gasteiger partial charge in [0.15, 0.2) is 0 Å². The minimum absolute atomic E-state index is 0.312. The summed E-state index contributed by atoms with van der Waals surface area (Å²) in [7, 11) is 0. The maximum atomic E-state index is 11.9. The third kappa shape index (κ3) is 3.61. The number of likely N-dealkylation sites (tertiary alicyclic amines) is 1. The van der Waals surface area contributed by atoms with Crippen LogP contribution in [0.3, 0.4) is 0 Å². The smallest absolute Gasteiger partial charge is 0.313 e. The molecule has 1 aromatic rings. The first-order chi connectivity index (χ1) is 9.08. The number of nitrogens with one attached hydrogen (secondary N) is 1. The molecule has 2 rings (SSSR count). The van der Waals surface area contributed by atoms with Gasteiger partial charge in [-0.1, -0.05) is 23.2 Å². The zero-order valence-corrected chi connectivity index (χ0v) is 11.8. The van der Waals surface area contributed by atoms with Crippen molar-refractivity contribution in [1.82, 2.24) is 4.90 Å². The van der Waals surface area contributed by atoms with Crippen molar-refractivity contribution in [3.05, 3.63) is 28.2 Å². The lowest BCUT2D eigenvalue weighted by molar-refractivity contribution is -0.143. The van der Waals surface area contributed by atoms with Gasteiger partial charge in [0.25, 0.3) is 0 Å². The van der Waals surface area contributed by atoms with E-state index in [9.17, 15) is 9.59 Å². The first-order valence-electron chi connectivity index (χ1n) is 6.13. The number of piperidine rings is 1. The highest BCUT2D eigenvalue weighted by molar-refractivity contribution is 6.42. The van der Waals surface area contributed by atoms with E-state index in [2.05, 4.69) is 5.32 Å². The first kappa shape index (κ1) is 14.2. The van der Waals surface area contributed by atoms with E-state index in [4.69, 9.17) is 23.2 Å². The Bertz CT molecular complexity index is 499. The fraction of sp³-hybridized carbons (Fsp3) is 0.385. The molecule has 0 bridgehead atoms. The molecule has 2 amide bonds. The molecule has 0 atom stereocenters. The molecule has 1 N–H and O–H groups in total. The molecular formula is C13H14Cl2N2O2. The summed E-state index contributed by atoms with van der Waals surface area (Å²) < 4.78 is 0. The molecule has 102 valence electrons. The van der Waals surface area contributed by atoms with E-state index in [0.29, 0.717) is 28.8 Å². The zero-order valence-electron chi connectivity index (χ0n) is 10.3. The van der Waals surface area contributed by atoms with Gasteiger partial charge in [-0.2, -0.15) is 0 Å². The molecule has 0 aromatic heterocycles. The second-order valence-electron chi connectivity index (χ2n) is 4.43. The highest BCUT2D eigenvalue weighted by Crippen LogP contribution is 2.25. The molecule has 0 spiro atoms. The Morgan fingerprint density at radius 1 is 1.11 bits per heavy atom. The number of rotatable bonds is 1. The van der Waals surface area contributed by atoms with Crippen LogP contribution in [0.1, 0.15) is 19.3 Å². The number of halogens is 2. The van der Waals surface area contributed by atoms with Crippen LogP contribution in [-0.4, -0.2) is 29.8 Å². The lowest BCUT2D eigenvalue weighted by Crippen LogP contribution is -2.42. The van der Waals surface area contributed by atoms with Crippen molar-refractivity contribution in [1.29, 1.82) is 0 Å². The Kier molecular flexibility index (Phi) is 4.66. The van der Waals surface area contributed by atoms with Crippen LogP contribution in [0.5, 0.6) is 0 Å². The van der Waals surface area contributed by atoms with E-state index in [1.165, 1.54) is 6.07 Å². The lowest BCUT2D eigenvalue weighted by atomic mass is 10.1. The fourth-order valence-corrected chi connectivity index (χ4v) is 2.46. The van der Waals surface area contributed by atoms with Crippen molar-refractivity contribution in [2.45, 2.75) is 19.3 Å². The van der Waals surface area contributed by atoms with Crippen LogP contribution in [0.2, 0.25) is 10.0 Å². The highest BCUT2D eigenvalue weighted by atomic mass is 35.5. The van der Waals surface area contributed by atoms with Gasteiger partial charge in [0.2, 0.25) is 0 Å². The van der Waals surface area contributed by atoms with Gasteiger partial charge in [-0.15, -0.1) is 0 Å². The second kappa shape index (κ2) is 6.26. The van der Waals surface area contributed by atoms with E-state index < -0.39 is 11.8 Å². The average Bonchev–Trinajstić information content (AvgIpc) is 2.42. The predicted octanol–water partition coefficient (Wildman–Crippen LogP) is 2.94. The number of anilines is 1. The fourth-order valence-electron chi connectivity index (χ4n) is 2.01. The summed E-state index contributed by atoms with van der Waals surface area (Å²) in [6.45, 7) is 1.28. The summed E-state index contributed by atoms with van der Waals surface area (Å²) >= 11 is 11.7. The molecule has 1 aliphatic rings. The molecular weight excluding hydrogens is 287 g/mol. The molecule has 1 fully saturated rings. The largest absolute Gasteiger partial charge is 0.334 e. The molecule has 19 heavy (non-hydrogen) atoms. The van der Waals surface area contributed by atoms with Gasteiger partial charge in [0.05, 0.1) is 10.7 Å². The van der Waals surface area contributed by atoms with E-state index in [-0.39, 0.29) is 0 Å². The van der Waals surface area contributed by atoms with Gasteiger partial charge >= 0.3 is 11.8 Å². The van der Waals surface area contributed by atoms with Gasteiger partial charge in [-0.05, 0) is 37.5 Å². The maximum absolute atomic E-state index is 11.9. The molecule has 1 heterocycles. The summed E-state index contributed by atoms with van der Waals surface area (Å²) in [5.41, 5.74) is 0.390. The van der Waals surface area contributed by atoms with Crippen LogP contribution in [0.4, 0.5) is 5.69 Å². The van der Waals surface area contributed by atoms with Gasteiger partial charge in [0, 0.05) is 18.1 Å². The molecule has 0 unspecified atom stereocenters. The number of carbonyl (C=O) groups is 2. The van der Waals surface area contributed by atoms with E-state index >= 15 is 0 Å². The maximum Gasteiger partial charge on any atom is 0.313 e. The first-order valence-corrected chi connectivity index (χ1v) is 6.89. The summed E-state index contributed by atoms with van der Waals surface area (Å²) in [6, 6.07) is 4.70. The van der Waals surface area contributed by atoms with Crippen molar-refractivity contribution in [2.75, 3.05) is 18.4 Å². The molecule has 1 aliphatic heterocycles. The van der Waals surface area contributed by atoms with Crippen molar-refractivity contribution < 1.29 is 9.59 Å². The third-order valence-corrected chi connectivity index (χ3v) is 3.56. The quantitative estimate of drug-likeness (QED) is 0.811. The molecule has 1 aromatic carbocycles. The van der Waals surface area contributed by atoms with E-state index in [1.54, 1.807) is 17.0 Å². The normalized spacial score (nSPS) is 15.2. The van der Waals surface area contributed by atoms with Crippen LogP contribution < -0.4 is 5.32 Å². The highest BCUT2D eigenvalue weighted by Gasteiger charge is 2.23. The summed E-state index contributed by atoms with van der Waals surface area (Å²) in [5, 5.41) is 3.30. The Balaban J connectivity index is 2.01. The van der Waals surface area contributed by atoms with Crippen molar-refractivity contribution >= 4 is 40.7 Å². The van der Waals surface area contributed by atoms with Crippen LogP contribution in [-0.2, 0) is 9.59 Å². The number of nitrogens with zero attached hydrogens (tertiary/aromatic N) is 1. The lowest BCUT2D eigenvalue weighted by Gasteiger charge is -2.25. The molecule has 0 radical (unpaired) electrons. The SMILES string of the molecule is O=C(Nc1ccc(Cl)cc1Cl)C(=O)N1CCCCC1. The van der Waals surface area contributed by atoms with E-state index in [1.807, 2.05) is 0 Å². The third-order valence-electron chi connectivity index (χ3n) is 3.02. The molecule has 4 nitrogen and oxygen atoms in total. The minimum Gasteiger partial charge on any atom is -0.334 e. The zero-order chi connectivity index (χ0) is 13.8. The number of hydrogen-bond donors (Lipinski definition) is 1. The van der Waals surface area contributed by atoms with Gasteiger partial charge in [0.1, 0.15) is 0 Å². The number of carbonyl (C=O) groups excluding carboxylic acids is 2. The number of benzene rings is 1. The Labute approximate surface area is 121 Å². The van der Waals surface area contributed by atoms with Gasteiger partial charge < -0.3 is 10.2 Å². The molecule has 0 aliphatic carbocycles. The second-order valence-corrected chi connectivity index (χ2v) is 5.27. The molecule has 0 saturated carbocycles. The van der Waals surface area contributed by atoms with Crippen molar-refractivity contribution in [3.8, 4) is 0 Å². The molecule has 6 heteroatoms. The van der Waals surface area contributed by atoms with Gasteiger partial charge in [-0.25, -0.2) is 0 Å². The van der Waals surface area contributed by atoms with Gasteiger partial charge in [-0.3, -0.25) is 9.59 Å². The topological polar surface area (TPSA) is 49.4 Å². The van der Waals surface area contributed by atoms with E-state index in [0.717, 1.165) is 19.3 Å². The Morgan fingerprint density at radius 3 is 2.42 bits per heavy atom. The van der Waals surface area contributed by atoms with Crippen LogP contribution in [0.25, 0.3) is 0 Å². The minimum atomic E-state index is -0.661. The Hall–Kier alpha value is -1.26. The summed E-state index contributed by atoms with van der Waals surface area (Å²) in [5.74, 6) is -1.17. The summed E-state index contributed by atoms with van der Waals surface area (Å²) in [4.78, 5) is 25.4. The average molecular weight is 301 g/mol.